The van der Waals surface area contributed by atoms with Crippen LogP contribution in [0.1, 0.15) is 47.4 Å². The van der Waals surface area contributed by atoms with E-state index in [-0.39, 0.29) is 11.9 Å². The molecule has 1 aliphatic carbocycles. The monoisotopic (exact) mass is 440 g/mol. The SMILES string of the molecule is CC(c1ccc(C(F)(F)F)cn1)N(C(=O)c1ccc2nc(N)c3cncn3c2c1)C1CC1. The molecule has 2 N–H and O–H groups in total. The van der Waals surface area contributed by atoms with Crippen molar-refractivity contribution in [3.05, 3.63) is 65.9 Å². The van der Waals surface area contributed by atoms with Gasteiger partial charge in [-0.15, -0.1) is 0 Å². The summed E-state index contributed by atoms with van der Waals surface area (Å²) >= 11 is 0. The molecule has 3 aromatic heterocycles. The summed E-state index contributed by atoms with van der Waals surface area (Å²) in [6.45, 7) is 1.78. The number of halogens is 3. The summed E-state index contributed by atoms with van der Waals surface area (Å²) in [7, 11) is 0. The first-order chi connectivity index (χ1) is 15.2. The van der Waals surface area contributed by atoms with Gasteiger partial charge in [-0.2, -0.15) is 13.2 Å². The molecule has 7 nitrogen and oxygen atoms in total. The van der Waals surface area contributed by atoms with E-state index in [1.165, 1.54) is 6.07 Å². The van der Waals surface area contributed by atoms with Crippen molar-refractivity contribution in [2.45, 2.75) is 38.0 Å². The van der Waals surface area contributed by atoms with Crippen LogP contribution in [-0.2, 0) is 6.18 Å². The Hall–Kier alpha value is -3.69. The Morgan fingerprint density at radius 1 is 1.19 bits per heavy atom. The minimum atomic E-state index is -4.46. The Morgan fingerprint density at radius 3 is 2.62 bits per heavy atom. The number of carbonyl (C=O) groups excluding carboxylic acids is 1. The number of nitrogens with two attached hydrogens (primary N) is 1. The number of benzene rings is 1. The third kappa shape index (κ3) is 3.41. The molecule has 10 heteroatoms. The van der Waals surface area contributed by atoms with Crippen LogP contribution in [0.3, 0.4) is 0 Å². The first kappa shape index (κ1) is 20.2. The molecule has 1 aliphatic rings. The Morgan fingerprint density at radius 2 is 1.97 bits per heavy atom. The van der Waals surface area contributed by atoms with E-state index >= 15 is 0 Å². The summed E-state index contributed by atoms with van der Waals surface area (Å²) in [6.07, 6.45) is 1.25. The smallest absolute Gasteiger partial charge is 0.382 e. The zero-order valence-corrected chi connectivity index (χ0v) is 17.0. The number of imidazole rings is 1. The van der Waals surface area contributed by atoms with Crippen LogP contribution >= 0.6 is 0 Å². The fourth-order valence-electron chi connectivity index (χ4n) is 3.93. The highest BCUT2D eigenvalue weighted by Gasteiger charge is 2.38. The first-order valence-electron chi connectivity index (χ1n) is 10.1. The highest BCUT2D eigenvalue weighted by atomic mass is 19.4. The maximum atomic E-state index is 13.5. The molecule has 4 aromatic rings. The van der Waals surface area contributed by atoms with Crippen LogP contribution in [0.2, 0.25) is 0 Å². The van der Waals surface area contributed by atoms with Crippen molar-refractivity contribution in [3.8, 4) is 0 Å². The number of alkyl halides is 3. The average molecular weight is 440 g/mol. The highest BCUT2D eigenvalue weighted by molar-refractivity contribution is 5.98. The molecule has 0 radical (unpaired) electrons. The number of nitrogens with zero attached hydrogens (tertiary/aromatic N) is 5. The van der Waals surface area contributed by atoms with Crippen molar-refractivity contribution >= 4 is 28.3 Å². The van der Waals surface area contributed by atoms with Crippen LogP contribution in [0.15, 0.2) is 49.1 Å². The molecule has 1 aromatic carbocycles. The topological polar surface area (TPSA) is 89.4 Å². The summed E-state index contributed by atoms with van der Waals surface area (Å²) in [4.78, 5) is 27.7. The van der Waals surface area contributed by atoms with Gasteiger partial charge < -0.3 is 10.6 Å². The normalized spacial score (nSPS) is 15.2. The Kier molecular flexibility index (Phi) is 4.54. The summed E-state index contributed by atoms with van der Waals surface area (Å²) in [5, 5.41) is 0. The Bertz CT molecular complexity index is 1330. The second-order valence-corrected chi connectivity index (χ2v) is 7.94. The molecular formula is C22H19F3N6O. The number of hydrogen-bond donors (Lipinski definition) is 1. The fourth-order valence-corrected chi connectivity index (χ4v) is 3.93. The summed E-state index contributed by atoms with van der Waals surface area (Å²) in [6, 6.07) is 7.02. The van der Waals surface area contributed by atoms with Gasteiger partial charge in [0.25, 0.3) is 5.91 Å². The maximum absolute atomic E-state index is 13.5. The van der Waals surface area contributed by atoms with E-state index in [0.717, 1.165) is 25.1 Å². The lowest BCUT2D eigenvalue weighted by atomic mass is 10.1. The number of amides is 1. The number of carbonyl (C=O) groups is 1. The number of anilines is 1. The van der Waals surface area contributed by atoms with Crippen molar-refractivity contribution in [1.29, 1.82) is 0 Å². The highest BCUT2D eigenvalue weighted by Crippen LogP contribution is 2.36. The number of nitrogen functional groups attached to an aromatic ring is 1. The van der Waals surface area contributed by atoms with Gasteiger partial charge in [0.05, 0.1) is 40.9 Å². The van der Waals surface area contributed by atoms with Crippen molar-refractivity contribution in [2.75, 3.05) is 5.73 Å². The van der Waals surface area contributed by atoms with Gasteiger partial charge in [0, 0.05) is 17.8 Å². The molecule has 0 aliphatic heterocycles. The van der Waals surface area contributed by atoms with Gasteiger partial charge in [-0.05, 0) is 50.1 Å². The lowest BCUT2D eigenvalue weighted by Gasteiger charge is -2.29. The predicted molar refractivity (Wildman–Crippen MR) is 112 cm³/mol. The van der Waals surface area contributed by atoms with Crippen molar-refractivity contribution < 1.29 is 18.0 Å². The lowest BCUT2D eigenvalue weighted by molar-refractivity contribution is -0.137. The molecule has 1 saturated carbocycles. The Labute approximate surface area is 180 Å². The van der Waals surface area contributed by atoms with Gasteiger partial charge in [-0.3, -0.25) is 14.2 Å². The van der Waals surface area contributed by atoms with E-state index in [9.17, 15) is 18.0 Å². The van der Waals surface area contributed by atoms with Gasteiger partial charge >= 0.3 is 6.18 Å². The average Bonchev–Trinajstić information content (AvgIpc) is 3.46. The molecule has 0 saturated heterocycles. The summed E-state index contributed by atoms with van der Waals surface area (Å²) in [5.41, 5.74) is 7.97. The molecule has 1 unspecified atom stereocenters. The predicted octanol–water partition coefficient (Wildman–Crippen LogP) is 4.24. The van der Waals surface area contributed by atoms with Gasteiger partial charge in [-0.1, -0.05) is 0 Å². The van der Waals surface area contributed by atoms with Crippen LogP contribution in [0.5, 0.6) is 0 Å². The van der Waals surface area contributed by atoms with Gasteiger partial charge in [0.1, 0.15) is 11.3 Å². The summed E-state index contributed by atoms with van der Waals surface area (Å²) < 4.78 is 40.4. The second-order valence-electron chi connectivity index (χ2n) is 7.94. The molecule has 1 fully saturated rings. The van der Waals surface area contributed by atoms with Crippen LogP contribution in [0, 0.1) is 0 Å². The Balaban J connectivity index is 1.51. The van der Waals surface area contributed by atoms with E-state index in [0.29, 0.717) is 33.6 Å². The number of hydrogen-bond acceptors (Lipinski definition) is 5. The fraction of sp³-hybridized carbons (Fsp3) is 0.273. The molecule has 3 heterocycles. The van der Waals surface area contributed by atoms with E-state index in [1.54, 1.807) is 46.9 Å². The van der Waals surface area contributed by atoms with Crippen LogP contribution in [0.25, 0.3) is 16.6 Å². The summed E-state index contributed by atoms with van der Waals surface area (Å²) in [5.74, 6) is 0.129. The van der Waals surface area contributed by atoms with E-state index in [2.05, 4.69) is 15.0 Å². The molecule has 1 atom stereocenters. The van der Waals surface area contributed by atoms with Crippen molar-refractivity contribution in [2.24, 2.45) is 0 Å². The molecule has 5 rings (SSSR count). The van der Waals surface area contributed by atoms with Gasteiger partial charge in [-0.25, -0.2) is 9.97 Å². The molecule has 1 amide bonds. The number of aromatic nitrogens is 4. The number of rotatable bonds is 4. The van der Waals surface area contributed by atoms with E-state index in [1.807, 2.05) is 0 Å². The van der Waals surface area contributed by atoms with E-state index in [4.69, 9.17) is 5.73 Å². The zero-order chi connectivity index (χ0) is 22.6. The molecule has 0 spiro atoms. The maximum Gasteiger partial charge on any atom is 0.417 e. The van der Waals surface area contributed by atoms with Gasteiger partial charge in [0.15, 0.2) is 0 Å². The largest absolute Gasteiger partial charge is 0.417 e. The minimum absolute atomic E-state index is 0.0232. The van der Waals surface area contributed by atoms with Gasteiger partial charge in [0.2, 0.25) is 0 Å². The molecule has 164 valence electrons. The number of fused-ring (bicyclic) bond motifs is 3. The number of pyridine rings is 1. The third-order valence-corrected chi connectivity index (χ3v) is 5.76. The standard InChI is InChI=1S/C22H19F3N6O/c1-12(16-7-3-14(9-28-16)22(23,24)25)31(15-4-5-15)21(32)13-2-6-17-18(8-13)30-11-27-10-19(30)20(26)29-17/h2-3,6-12,15H,4-5H2,1H3,(H2,26,29). The van der Waals surface area contributed by atoms with Crippen molar-refractivity contribution in [3.63, 3.8) is 0 Å². The molecular weight excluding hydrogens is 421 g/mol. The lowest BCUT2D eigenvalue weighted by Crippen LogP contribution is -2.36. The first-order valence-corrected chi connectivity index (χ1v) is 10.1. The second kappa shape index (κ2) is 7.18. The quantitative estimate of drug-likeness (QED) is 0.513. The van der Waals surface area contributed by atoms with E-state index < -0.39 is 17.8 Å². The van der Waals surface area contributed by atoms with Crippen LogP contribution < -0.4 is 5.73 Å². The zero-order valence-electron chi connectivity index (χ0n) is 17.0. The molecule has 32 heavy (non-hydrogen) atoms. The van der Waals surface area contributed by atoms with Crippen LogP contribution in [-0.4, -0.2) is 36.2 Å². The minimum Gasteiger partial charge on any atom is -0.382 e. The third-order valence-electron chi connectivity index (χ3n) is 5.76. The molecule has 0 bridgehead atoms. The van der Waals surface area contributed by atoms with Crippen LogP contribution in [0.4, 0.5) is 19.0 Å². The van der Waals surface area contributed by atoms with Crippen molar-refractivity contribution in [1.82, 2.24) is 24.3 Å².